The number of carbonyl (C=O) groups excluding carboxylic acids is 2. The number of thiophene rings is 1. The molecule has 34 heavy (non-hydrogen) atoms. The predicted molar refractivity (Wildman–Crippen MR) is 134 cm³/mol. The van der Waals surface area contributed by atoms with E-state index in [0.717, 1.165) is 10.4 Å². The van der Waals surface area contributed by atoms with E-state index in [1.807, 2.05) is 35.7 Å². The molecular weight excluding hydrogens is 495 g/mol. The van der Waals surface area contributed by atoms with Crippen LogP contribution in [0.2, 0.25) is 10.0 Å². The molecular formula is C25H22Cl2N2O4S. The summed E-state index contributed by atoms with van der Waals surface area (Å²) in [6.45, 7) is 4.77. The topological polar surface area (TPSA) is 59.1 Å². The van der Waals surface area contributed by atoms with Crippen molar-refractivity contribution < 1.29 is 19.1 Å². The molecule has 176 valence electrons. The summed E-state index contributed by atoms with van der Waals surface area (Å²) in [5, 5.41) is 2.67. The number of nitrogens with zero attached hydrogens (tertiary/aromatic N) is 2. The zero-order chi connectivity index (χ0) is 24.1. The fourth-order valence-electron chi connectivity index (χ4n) is 3.58. The Labute approximate surface area is 211 Å². The van der Waals surface area contributed by atoms with Gasteiger partial charge in [0.15, 0.2) is 11.5 Å². The van der Waals surface area contributed by atoms with Crippen LogP contribution in [-0.4, -0.2) is 41.5 Å². The normalized spacial score (nSPS) is 11.8. The van der Waals surface area contributed by atoms with Gasteiger partial charge in [-0.25, -0.2) is 0 Å². The lowest BCUT2D eigenvalue weighted by molar-refractivity contribution is -0.133. The molecule has 0 spiro atoms. The molecule has 0 bridgehead atoms. The fourth-order valence-corrected chi connectivity index (χ4v) is 4.83. The summed E-state index contributed by atoms with van der Waals surface area (Å²) in [5.74, 6) is 0.788. The molecule has 0 saturated carbocycles. The Morgan fingerprint density at radius 2 is 1.76 bits per heavy atom. The Hall–Kier alpha value is -3.00. The van der Waals surface area contributed by atoms with Crippen LogP contribution in [0.5, 0.6) is 11.5 Å². The van der Waals surface area contributed by atoms with E-state index in [1.54, 1.807) is 28.4 Å². The Balaban J connectivity index is 1.55. The van der Waals surface area contributed by atoms with Crippen LogP contribution in [0, 0.1) is 0 Å². The van der Waals surface area contributed by atoms with E-state index in [0.29, 0.717) is 40.2 Å². The number of halogens is 2. The van der Waals surface area contributed by atoms with Crippen LogP contribution >= 0.6 is 34.5 Å². The van der Waals surface area contributed by atoms with E-state index < -0.39 is 0 Å². The zero-order valence-corrected chi connectivity index (χ0v) is 20.5. The second kappa shape index (κ2) is 11.0. The van der Waals surface area contributed by atoms with Gasteiger partial charge in [0.2, 0.25) is 12.7 Å². The standard InChI is InChI=1S/C25H22Cl2N2O4S/c1-2-7-28(25(31)18-10-19(26)12-20(27)11-18)15-24(30)29(14-21-4-3-8-34-21)13-17-5-6-22-23(9-17)33-16-32-22/h2-6,8-12H,1,7,13-16H2. The average Bonchev–Trinajstić information content (AvgIpc) is 3.48. The number of carbonyl (C=O) groups is 2. The van der Waals surface area contributed by atoms with Crippen molar-refractivity contribution in [3.63, 3.8) is 0 Å². The molecule has 0 atom stereocenters. The van der Waals surface area contributed by atoms with Gasteiger partial charge in [-0.05, 0) is 47.3 Å². The molecule has 1 aromatic heterocycles. The van der Waals surface area contributed by atoms with Gasteiger partial charge in [-0.1, -0.05) is 41.4 Å². The molecule has 0 saturated heterocycles. The van der Waals surface area contributed by atoms with Gasteiger partial charge in [0.05, 0.1) is 6.54 Å². The van der Waals surface area contributed by atoms with Crippen LogP contribution in [0.15, 0.2) is 66.6 Å². The minimum absolute atomic E-state index is 0.120. The lowest BCUT2D eigenvalue weighted by Crippen LogP contribution is -2.42. The lowest BCUT2D eigenvalue weighted by atomic mass is 10.1. The summed E-state index contributed by atoms with van der Waals surface area (Å²) in [6, 6.07) is 14.2. The third kappa shape index (κ3) is 5.91. The van der Waals surface area contributed by atoms with E-state index in [9.17, 15) is 9.59 Å². The highest BCUT2D eigenvalue weighted by Crippen LogP contribution is 2.33. The van der Waals surface area contributed by atoms with E-state index in [-0.39, 0.29) is 31.7 Å². The molecule has 0 aliphatic carbocycles. The van der Waals surface area contributed by atoms with Gasteiger partial charge in [-0.2, -0.15) is 0 Å². The maximum atomic E-state index is 13.5. The first-order valence-electron chi connectivity index (χ1n) is 10.5. The number of rotatable bonds is 9. The Morgan fingerprint density at radius 1 is 1.00 bits per heavy atom. The number of benzene rings is 2. The van der Waals surface area contributed by atoms with Gasteiger partial charge in [0, 0.05) is 33.6 Å². The van der Waals surface area contributed by atoms with Crippen LogP contribution in [0.4, 0.5) is 0 Å². The lowest BCUT2D eigenvalue weighted by Gasteiger charge is -2.27. The third-order valence-electron chi connectivity index (χ3n) is 5.16. The Kier molecular flexibility index (Phi) is 7.77. The van der Waals surface area contributed by atoms with Crippen molar-refractivity contribution in [1.29, 1.82) is 0 Å². The number of amides is 2. The zero-order valence-electron chi connectivity index (χ0n) is 18.2. The van der Waals surface area contributed by atoms with E-state index in [1.165, 1.54) is 17.0 Å². The van der Waals surface area contributed by atoms with Gasteiger partial charge in [-0.3, -0.25) is 9.59 Å². The predicted octanol–water partition coefficient (Wildman–Crippen LogP) is 5.64. The van der Waals surface area contributed by atoms with Crippen LogP contribution in [0.3, 0.4) is 0 Å². The molecule has 9 heteroatoms. The number of fused-ring (bicyclic) bond motifs is 1. The SMILES string of the molecule is C=CCN(CC(=O)N(Cc1ccc2c(c1)OCO2)Cc1cccs1)C(=O)c1cc(Cl)cc(Cl)c1. The smallest absolute Gasteiger partial charge is 0.254 e. The first-order valence-corrected chi connectivity index (χ1v) is 12.1. The molecule has 0 unspecified atom stereocenters. The summed E-state index contributed by atoms with van der Waals surface area (Å²) in [6.07, 6.45) is 1.58. The van der Waals surface area contributed by atoms with Gasteiger partial charge >= 0.3 is 0 Å². The van der Waals surface area contributed by atoms with Crippen LogP contribution in [-0.2, 0) is 17.9 Å². The molecule has 4 rings (SSSR count). The fraction of sp³-hybridized carbons (Fsp3) is 0.200. The quantitative estimate of drug-likeness (QED) is 0.345. The van der Waals surface area contributed by atoms with Crippen molar-refractivity contribution in [2.24, 2.45) is 0 Å². The molecule has 0 radical (unpaired) electrons. The molecule has 3 aromatic rings. The van der Waals surface area contributed by atoms with Crippen molar-refractivity contribution in [2.45, 2.75) is 13.1 Å². The van der Waals surface area contributed by atoms with Crippen molar-refractivity contribution in [2.75, 3.05) is 19.9 Å². The average molecular weight is 517 g/mol. The molecule has 0 fully saturated rings. The summed E-state index contributed by atoms with van der Waals surface area (Å²) in [5.41, 5.74) is 1.21. The van der Waals surface area contributed by atoms with Crippen molar-refractivity contribution in [1.82, 2.24) is 9.80 Å². The highest BCUT2D eigenvalue weighted by molar-refractivity contribution is 7.09. The number of ether oxygens (including phenoxy) is 2. The Bertz CT molecular complexity index is 1180. The summed E-state index contributed by atoms with van der Waals surface area (Å²) >= 11 is 13.7. The maximum Gasteiger partial charge on any atom is 0.254 e. The molecule has 6 nitrogen and oxygen atoms in total. The molecule has 0 N–H and O–H groups in total. The molecule has 2 heterocycles. The Morgan fingerprint density at radius 3 is 2.47 bits per heavy atom. The third-order valence-corrected chi connectivity index (χ3v) is 6.46. The molecule has 2 aromatic carbocycles. The second-order valence-electron chi connectivity index (χ2n) is 7.65. The minimum atomic E-state index is -0.350. The molecule has 1 aliphatic heterocycles. The van der Waals surface area contributed by atoms with Gasteiger partial charge in [0.25, 0.3) is 5.91 Å². The monoisotopic (exact) mass is 516 g/mol. The van der Waals surface area contributed by atoms with Gasteiger partial charge in [0.1, 0.15) is 6.54 Å². The first-order chi connectivity index (χ1) is 16.4. The van der Waals surface area contributed by atoms with E-state index in [4.69, 9.17) is 32.7 Å². The number of hydrogen-bond acceptors (Lipinski definition) is 5. The number of hydrogen-bond donors (Lipinski definition) is 0. The van der Waals surface area contributed by atoms with Gasteiger partial charge in [-0.15, -0.1) is 17.9 Å². The first kappa shape index (κ1) is 24.1. The largest absolute Gasteiger partial charge is 0.454 e. The second-order valence-corrected chi connectivity index (χ2v) is 9.55. The maximum absolute atomic E-state index is 13.5. The summed E-state index contributed by atoms with van der Waals surface area (Å²) in [7, 11) is 0. The molecule has 1 aliphatic rings. The highest BCUT2D eigenvalue weighted by atomic mass is 35.5. The summed E-state index contributed by atoms with van der Waals surface area (Å²) in [4.78, 5) is 30.8. The molecule has 2 amide bonds. The van der Waals surface area contributed by atoms with Crippen molar-refractivity contribution in [3.05, 3.63) is 92.6 Å². The van der Waals surface area contributed by atoms with Crippen LogP contribution < -0.4 is 9.47 Å². The highest BCUT2D eigenvalue weighted by Gasteiger charge is 2.24. The van der Waals surface area contributed by atoms with Gasteiger partial charge < -0.3 is 19.3 Å². The minimum Gasteiger partial charge on any atom is -0.454 e. The van der Waals surface area contributed by atoms with Crippen molar-refractivity contribution >= 4 is 46.4 Å². The van der Waals surface area contributed by atoms with E-state index in [2.05, 4.69) is 6.58 Å². The van der Waals surface area contributed by atoms with Crippen molar-refractivity contribution in [3.8, 4) is 11.5 Å². The summed E-state index contributed by atoms with van der Waals surface area (Å²) < 4.78 is 10.9. The van der Waals surface area contributed by atoms with E-state index >= 15 is 0 Å². The van der Waals surface area contributed by atoms with Crippen LogP contribution in [0.1, 0.15) is 20.8 Å². The van der Waals surface area contributed by atoms with Crippen LogP contribution in [0.25, 0.3) is 0 Å².